The van der Waals surface area contributed by atoms with Crippen molar-refractivity contribution in [3.63, 3.8) is 0 Å². The van der Waals surface area contributed by atoms with Crippen LogP contribution in [0.1, 0.15) is 28.0 Å². The zero-order valence-corrected chi connectivity index (χ0v) is 16.5. The monoisotopic (exact) mass is 380 g/mol. The van der Waals surface area contributed by atoms with Gasteiger partial charge in [-0.1, -0.05) is 23.2 Å². The first-order valence-electron chi connectivity index (χ1n) is 6.12. The number of ether oxygens (including phenoxy) is 2. The average molecular weight is 381 g/mol. The quantitative estimate of drug-likeness (QED) is 0.568. The van der Waals surface area contributed by atoms with E-state index in [-0.39, 0.29) is 64.2 Å². The van der Waals surface area contributed by atoms with Gasteiger partial charge >= 0.3 is 35.5 Å². The molecule has 0 aliphatic carbocycles. The second kappa shape index (κ2) is 8.64. The van der Waals surface area contributed by atoms with Crippen LogP contribution in [-0.2, 0) is 0 Å². The first kappa shape index (κ1) is 20.7. The van der Waals surface area contributed by atoms with Crippen LogP contribution < -0.4 is 39.0 Å². The summed E-state index contributed by atoms with van der Waals surface area (Å²) in [6.45, 7) is 0. The van der Waals surface area contributed by atoms with E-state index in [4.69, 9.17) is 32.7 Å². The molecule has 2 rings (SSSR count). The van der Waals surface area contributed by atoms with Gasteiger partial charge in [-0.2, -0.15) is 9.97 Å². The van der Waals surface area contributed by atoms with Crippen molar-refractivity contribution in [3.05, 3.63) is 45.2 Å². The Morgan fingerprint density at radius 2 is 1.50 bits per heavy atom. The molecule has 0 aliphatic rings. The molecule has 1 N–H and O–H groups in total. The van der Waals surface area contributed by atoms with Crippen molar-refractivity contribution >= 4 is 35.0 Å². The maximum atomic E-state index is 12.6. The van der Waals surface area contributed by atoms with E-state index >= 15 is 0 Å². The number of methoxy groups -OCH3 is 2. The number of halogens is 2. The third-order valence-corrected chi connectivity index (χ3v) is 3.48. The van der Waals surface area contributed by atoms with Crippen LogP contribution >= 0.6 is 23.2 Å². The van der Waals surface area contributed by atoms with Gasteiger partial charge in [-0.3, -0.25) is 4.79 Å². The molecule has 1 aromatic heterocycles. The molecule has 10 heteroatoms. The van der Waals surface area contributed by atoms with Gasteiger partial charge in [-0.25, -0.2) is 4.79 Å². The summed E-state index contributed by atoms with van der Waals surface area (Å²) < 4.78 is 9.91. The number of hydrogen-bond donors (Lipinski definition) is 1. The Balaban J connectivity index is 0.00000288. The Kier molecular flexibility index (Phi) is 7.44. The number of aromatic nitrogens is 2. The average Bonchev–Trinajstić information content (AvgIpc) is 2.55. The van der Waals surface area contributed by atoms with Gasteiger partial charge < -0.3 is 16.0 Å². The zero-order chi connectivity index (χ0) is 17.1. The zero-order valence-electron chi connectivity index (χ0n) is 14.0. The smallest absolute Gasteiger partial charge is 1.00 e. The number of rotatable bonds is 5. The van der Waals surface area contributed by atoms with Crippen molar-refractivity contribution in [2.75, 3.05) is 14.2 Å². The molecule has 24 heavy (non-hydrogen) atoms. The Morgan fingerprint density at radius 1 is 1.04 bits per heavy atom. The first-order valence-corrected chi connectivity index (χ1v) is 6.87. The van der Waals surface area contributed by atoms with Crippen molar-refractivity contribution < 1.29 is 55.2 Å². The Morgan fingerprint density at radius 3 is 1.92 bits per heavy atom. The van der Waals surface area contributed by atoms with Crippen LogP contribution in [0.15, 0.2) is 18.2 Å². The van der Waals surface area contributed by atoms with E-state index in [1.54, 1.807) is 0 Å². The number of benzene rings is 1. The number of carboxylic acids is 1. The van der Waals surface area contributed by atoms with Gasteiger partial charge in [0.1, 0.15) is 0 Å². The minimum Gasteiger partial charge on any atom is -1.00 e. The topological polar surface area (TPSA) is 98.6 Å². The Labute approximate surface area is 170 Å². The number of ketones is 1. The van der Waals surface area contributed by atoms with Crippen molar-refractivity contribution in [2.24, 2.45) is 0 Å². The van der Waals surface area contributed by atoms with Gasteiger partial charge in [0, 0.05) is 0 Å². The molecular weight excluding hydrogens is 370 g/mol. The molecule has 0 saturated heterocycles. The fraction of sp³-hybridized carbons (Fsp3) is 0.143. The van der Waals surface area contributed by atoms with Gasteiger partial charge in [0.2, 0.25) is 23.4 Å². The molecule has 0 radical (unpaired) electrons. The standard InChI is InChI=1S/C14H10Cl2N2O5.Na.H/c1-22-8-5-9(23-2)18-13(17-8)12(19)10-6(15)3-4-7(16)11(10)14(20)21;;/h3-5H,1-2H3,(H,20,21);;/q;+1;-1. The van der Waals surface area contributed by atoms with Crippen LogP contribution in [0.4, 0.5) is 0 Å². The van der Waals surface area contributed by atoms with Crippen molar-refractivity contribution in [3.8, 4) is 11.8 Å². The molecule has 0 atom stereocenters. The van der Waals surface area contributed by atoms with Crippen LogP contribution in [-0.4, -0.2) is 41.0 Å². The molecule has 0 amide bonds. The van der Waals surface area contributed by atoms with E-state index in [2.05, 4.69) is 9.97 Å². The van der Waals surface area contributed by atoms with E-state index in [1.807, 2.05) is 0 Å². The summed E-state index contributed by atoms with van der Waals surface area (Å²) >= 11 is 11.8. The second-order valence-corrected chi connectivity index (χ2v) is 5.00. The summed E-state index contributed by atoms with van der Waals surface area (Å²) in [4.78, 5) is 31.8. The molecule has 0 bridgehead atoms. The van der Waals surface area contributed by atoms with Crippen molar-refractivity contribution in [2.45, 2.75) is 0 Å². The van der Waals surface area contributed by atoms with Crippen LogP contribution in [0.5, 0.6) is 11.8 Å². The van der Waals surface area contributed by atoms with Crippen LogP contribution in [0.3, 0.4) is 0 Å². The fourth-order valence-electron chi connectivity index (χ4n) is 1.81. The first-order chi connectivity index (χ1) is 10.9. The molecule has 7 nitrogen and oxygen atoms in total. The Hall–Kier alpha value is -1.38. The number of nitrogens with zero attached hydrogens (tertiary/aromatic N) is 2. The molecule has 0 aliphatic heterocycles. The molecule has 1 aromatic carbocycles. The molecule has 0 saturated carbocycles. The van der Waals surface area contributed by atoms with Crippen molar-refractivity contribution in [1.82, 2.24) is 9.97 Å². The third-order valence-electron chi connectivity index (χ3n) is 2.85. The summed E-state index contributed by atoms with van der Waals surface area (Å²) in [7, 11) is 2.70. The van der Waals surface area contributed by atoms with Crippen LogP contribution in [0.25, 0.3) is 0 Å². The molecule has 0 unspecified atom stereocenters. The van der Waals surface area contributed by atoms with Gasteiger partial charge in [0.25, 0.3) is 0 Å². The second-order valence-electron chi connectivity index (χ2n) is 4.19. The minimum absolute atomic E-state index is 0. The molecule has 0 spiro atoms. The summed E-state index contributed by atoms with van der Waals surface area (Å²) in [5, 5.41) is 9.08. The maximum absolute atomic E-state index is 12.6. The number of carbonyl (C=O) groups is 2. The number of carboxylic acid groups (broad SMARTS) is 1. The molecule has 122 valence electrons. The van der Waals surface area contributed by atoms with E-state index in [1.165, 1.54) is 32.4 Å². The fourth-order valence-corrected chi connectivity index (χ4v) is 2.29. The molecular formula is C14H11Cl2N2NaO5. The van der Waals surface area contributed by atoms with E-state index in [0.29, 0.717) is 0 Å². The number of carbonyl (C=O) groups excluding carboxylic acids is 1. The SMILES string of the molecule is COc1cc(OC)nc(C(=O)c2c(Cl)ccc(Cl)c2C(=O)O)n1.[H-].[Na+]. The summed E-state index contributed by atoms with van der Waals surface area (Å²) in [5.41, 5.74) is -0.725. The summed E-state index contributed by atoms with van der Waals surface area (Å²) in [5.74, 6) is -2.37. The Bertz CT molecular complexity index is 785. The van der Waals surface area contributed by atoms with Gasteiger partial charge in [-0.05, 0) is 12.1 Å². The summed E-state index contributed by atoms with van der Waals surface area (Å²) in [6, 6.07) is 3.98. The number of aromatic carboxylic acids is 1. The molecule has 2 aromatic rings. The maximum Gasteiger partial charge on any atom is 1.00 e. The van der Waals surface area contributed by atoms with E-state index in [0.717, 1.165) is 0 Å². The normalized spacial score (nSPS) is 9.83. The van der Waals surface area contributed by atoms with Crippen LogP contribution in [0, 0.1) is 0 Å². The number of hydrogen-bond acceptors (Lipinski definition) is 6. The van der Waals surface area contributed by atoms with E-state index < -0.39 is 17.3 Å². The van der Waals surface area contributed by atoms with Gasteiger partial charge in [0.05, 0.1) is 41.5 Å². The summed E-state index contributed by atoms with van der Waals surface area (Å²) in [6.07, 6.45) is 0. The van der Waals surface area contributed by atoms with Gasteiger partial charge in [0.15, 0.2) is 0 Å². The van der Waals surface area contributed by atoms with Crippen LogP contribution in [0.2, 0.25) is 10.0 Å². The van der Waals surface area contributed by atoms with Crippen molar-refractivity contribution in [1.29, 1.82) is 0 Å². The predicted octanol–water partition coefficient (Wildman–Crippen LogP) is -0.154. The predicted molar refractivity (Wildman–Crippen MR) is 83.1 cm³/mol. The third kappa shape index (κ3) is 4.17. The largest absolute Gasteiger partial charge is 1.00 e. The molecule has 0 fully saturated rings. The molecule has 1 heterocycles. The minimum atomic E-state index is -1.39. The van der Waals surface area contributed by atoms with Gasteiger partial charge in [-0.15, -0.1) is 0 Å². The van der Waals surface area contributed by atoms with E-state index in [9.17, 15) is 14.7 Å².